The molecular weight excluding hydrogens is 260 g/mol. The molecule has 0 radical (unpaired) electrons. The molecule has 1 atom stereocenters. The first-order valence-corrected chi connectivity index (χ1v) is 8.44. The van der Waals surface area contributed by atoms with E-state index in [-0.39, 0.29) is 5.91 Å². The second-order valence-corrected chi connectivity index (χ2v) is 6.40. The number of carbonyl (C=O) groups is 1. The molecule has 1 fully saturated rings. The number of nitrogens with one attached hydrogen (secondary N) is 1. The summed E-state index contributed by atoms with van der Waals surface area (Å²) in [6.07, 6.45) is 7.07. The van der Waals surface area contributed by atoms with Crippen LogP contribution in [0.15, 0.2) is 18.2 Å². The van der Waals surface area contributed by atoms with Gasteiger partial charge in [-0.3, -0.25) is 4.79 Å². The quantitative estimate of drug-likeness (QED) is 0.899. The number of rotatable bonds is 2. The van der Waals surface area contributed by atoms with Gasteiger partial charge >= 0.3 is 0 Å². The van der Waals surface area contributed by atoms with Crippen molar-refractivity contribution in [2.45, 2.75) is 45.4 Å². The minimum atomic E-state index is 0.222. The summed E-state index contributed by atoms with van der Waals surface area (Å²) in [5, 5.41) is 3.41. The Morgan fingerprint density at radius 1 is 1.29 bits per heavy atom. The van der Waals surface area contributed by atoms with Gasteiger partial charge in [0, 0.05) is 30.9 Å². The molecule has 1 aromatic rings. The van der Waals surface area contributed by atoms with Crippen LogP contribution in [0.25, 0.3) is 0 Å². The third-order valence-corrected chi connectivity index (χ3v) is 5.00. The lowest BCUT2D eigenvalue weighted by Gasteiger charge is -2.23. The molecule has 114 valence electrons. The monoisotopic (exact) mass is 286 g/mol. The molecule has 1 saturated heterocycles. The molecule has 2 heterocycles. The fourth-order valence-electron chi connectivity index (χ4n) is 3.57. The number of benzene rings is 1. The molecule has 1 N–H and O–H groups in total. The van der Waals surface area contributed by atoms with Gasteiger partial charge in [0.1, 0.15) is 0 Å². The molecule has 1 aromatic carbocycles. The molecule has 2 aliphatic heterocycles. The topological polar surface area (TPSA) is 32.3 Å². The molecule has 0 spiro atoms. The second kappa shape index (κ2) is 6.50. The summed E-state index contributed by atoms with van der Waals surface area (Å²) in [4.78, 5) is 14.8. The van der Waals surface area contributed by atoms with Gasteiger partial charge in [0.2, 0.25) is 0 Å². The van der Waals surface area contributed by atoms with E-state index in [0.29, 0.717) is 0 Å². The average molecular weight is 286 g/mol. The summed E-state index contributed by atoms with van der Waals surface area (Å²) in [6, 6.07) is 6.17. The highest BCUT2D eigenvalue weighted by Crippen LogP contribution is 2.25. The first kappa shape index (κ1) is 14.4. The Balaban J connectivity index is 1.72. The second-order valence-electron chi connectivity index (χ2n) is 6.40. The Kier molecular flexibility index (Phi) is 4.47. The third kappa shape index (κ3) is 3.22. The first-order valence-electron chi connectivity index (χ1n) is 8.44. The summed E-state index contributed by atoms with van der Waals surface area (Å²) in [5.41, 5.74) is 3.38. The van der Waals surface area contributed by atoms with Crippen LogP contribution in [0.1, 0.15) is 54.9 Å². The highest BCUT2D eigenvalue weighted by atomic mass is 16.2. The average Bonchev–Trinajstić information content (AvgIpc) is 2.79. The van der Waals surface area contributed by atoms with Crippen molar-refractivity contribution in [1.82, 2.24) is 4.90 Å². The van der Waals surface area contributed by atoms with Crippen LogP contribution in [0, 0.1) is 5.92 Å². The standard InChI is InChI=1S/C18H26N2O/c1-2-14-5-4-11-20(12-9-14)18(21)16-7-8-17-15(13-16)6-3-10-19-17/h7-8,13-14,19H,2-6,9-12H2,1H3. The normalized spacial score (nSPS) is 22.1. The summed E-state index contributed by atoms with van der Waals surface area (Å²) < 4.78 is 0. The number of nitrogens with zero attached hydrogens (tertiary/aromatic N) is 1. The molecule has 1 amide bonds. The van der Waals surface area contributed by atoms with Gasteiger partial charge in [-0.1, -0.05) is 13.3 Å². The number of hydrogen-bond donors (Lipinski definition) is 1. The van der Waals surface area contributed by atoms with Crippen LogP contribution in [-0.4, -0.2) is 30.4 Å². The van der Waals surface area contributed by atoms with Crippen LogP contribution in [0.3, 0.4) is 0 Å². The summed E-state index contributed by atoms with van der Waals surface area (Å²) >= 11 is 0. The van der Waals surface area contributed by atoms with Crippen molar-refractivity contribution in [2.75, 3.05) is 25.0 Å². The predicted octanol–water partition coefficient (Wildman–Crippen LogP) is 3.70. The lowest BCUT2D eigenvalue weighted by Crippen LogP contribution is -2.32. The Hall–Kier alpha value is -1.51. The van der Waals surface area contributed by atoms with E-state index in [0.717, 1.165) is 56.8 Å². The molecule has 3 nitrogen and oxygen atoms in total. The molecule has 3 heteroatoms. The maximum atomic E-state index is 12.7. The van der Waals surface area contributed by atoms with E-state index in [2.05, 4.69) is 29.3 Å². The minimum absolute atomic E-state index is 0.222. The van der Waals surface area contributed by atoms with Crippen LogP contribution in [-0.2, 0) is 6.42 Å². The van der Waals surface area contributed by atoms with Crippen LogP contribution in [0.4, 0.5) is 5.69 Å². The van der Waals surface area contributed by atoms with E-state index < -0.39 is 0 Å². The van der Waals surface area contributed by atoms with E-state index >= 15 is 0 Å². The largest absolute Gasteiger partial charge is 0.385 e. The smallest absolute Gasteiger partial charge is 0.253 e. The number of likely N-dealkylation sites (tertiary alicyclic amines) is 1. The summed E-state index contributed by atoms with van der Waals surface area (Å²) in [5.74, 6) is 1.02. The number of anilines is 1. The number of aryl methyl sites for hydroxylation is 1. The molecule has 0 saturated carbocycles. The molecular formula is C18H26N2O. The van der Waals surface area contributed by atoms with E-state index in [1.54, 1.807) is 0 Å². The number of carbonyl (C=O) groups excluding carboxylic acids is 1. The van der Waals surface area contributed by atoms with Crippen molar-refractivity contribution in [1.29, 1.82) is 0 Å². The third-order valence-electron chi connectivity index (χ3n) is 5.00. The van der Waals surface area contributed by atoms with Gasteiger partial charge in [-0.05, 0) is 61.8 Å². The Morgan fingerprint density at radius 2 is 2.19 bits per heavy atom. The van der Waals surface area contributed by atoms with Gasteiger partial charge in [-0.2, -0.15) is 0 Å². The fourth-order valence-corrected chi connectivity index (χ4v) is 3.57. The van der Waals surface area contributed by atoms with E-state index in [4.69, 9.17) is 0 Å². The minimum Gasteiger partial charge on any atom is -0.385 e. The van der Waals surface area contributed by atoms with Crippen LogP contribution < -0.4 is 5.32 Å². The van der Waals surface area contributed by atoms with E-state index in [1.807, 2.05) is 6.07 Å². The van der Waals surface area contributed by atoms with E-state index in [9.17, 15) is 4.79 Å². The molecule has 21 heavy (non-hydrogen) atoms. The van der Waals surface area contributed by atoms with Crippen molar-refractivity contribution >= 4 is 11.6 Å². The van der Waals surface area contributed by atoms with Crippen LogP contribution >= 0.6 is 0 Å². The van der Waals surface area contributed by atoms with Gasteiger partial charge in [0.15, 0.2) is 0 Å². The van der Waals surface area contributed by atoms with Gasteiger partial charge in [0.25, 0.3) is 5.91 Å². The van der Waals surface area contributed by atoms with Gasteiger partial charge in [0.05, 0.1) is 0 Å². The number of hydrogen-bond acceptors (Lipinski definition) is 2. The van der Waals surface area contributed by atoms with Crippen molar-refractivity contribution in [3.63, 3.8) is 0 Å². The lowest BCUT2D eigenvalue weighted by atomic mass is 9.98. The highest BCUT2D eigenvalue weighted by Gasteiger charge is 2.21. The molecule has 0 aromatic heterocycles. The number of fused-ring (bicyclic) bond motifs is 1. The molecule has 1 unspecified atom stereocenters. The SMILES string of the molecule is CCC1CCCN(C(=O)c2ccc3c(c2)CCCN3)CC1. The van der Waals surface area contributed by atoms with Crippen molar-refractivity contribution in [3.8, 4) is 0 Å². The summed E-state index contributed by atoms with van der Waals surface area (Å²) in [7, 11) is 0. The Morgan fingerprint density at radius 3 is 3.05 bits per heavy atom. The van der Waals surface area contributed by atoms with Gasteiger partial charge < -0.3 is 10.2 Å². The van der Waals surface area contributed by atoms with Crippen molar-refractivity contribution in [2.24, 2.45) is 5.92 Å². The van der Waals surface area contributed by atoms with Gasteiger partial charge in [-0.15, -0.1) is 0 Å². The number of amides is 1. The fraction of sp³-hybridized carbons (Fsp3) is 0.611. The molecule has 3 rings (SSSR count). The van der Waals surface area contributed by atoms with Crippen LogP contribution in [0.5, 0.6) is 0 Å². The van der Waals surface area contributed by atoms with Crippen LogP contribution in [0.2, 0.25) is 0 Å². The maximum Gasteiger partial charge on any atom is 0.253 e. The molecule has 0 aliphatic carbocycles. The molecule has 2 aliphatic rings. The summed E-state index contributed by atoms with van der Waals surface area (Å²) in [6.45, 7) is 5.15. The predicted molar refractivity (Wildman–Crippen MR) is 86.8 cm³/mol. The lowest BCUT2D eigenvalue weighted by molar-refractivity contribution is 0.0760. The first-order chi connectivity index (χ1) is 10.3. The maximum absolute atomic E-state index is 12.7. The Bertz CT molecular complexity index is 512. The zero-order valence-electron chi connectivity index (χ0n) is 13.0. The zero-order valence-corrected chi connectivity index (χ0v) is 13.0. The van der Waals surface area contributed by atoms with E-state index in [1.165, 1.54) is 24.1 Å². The molecule has 0 bridgehead atoms. The Labute approximate surface area is 127 Å². The highest BCUT2D eigenvalue weighted by molar-refractivity contribution is 5.95. The van der Waals surface area contributed by atoms with Crippen molar-refractivity contribution < 1.29 is 4.79 Å². The van der Waals surface area contributed by atoms with Gasteiger partial charge in [-0.25, -0.2) is 0 Å². The zero-order chi connectivity index (χ0) is 14.7. The van der Waals surface area contributed by atoms with Crippen molar-refractivity contribution in [3.05, 3.63) is 29.3 Å².